The molecule has 0 unspecified atom stereocenters. The van der Waals surface area contributed by atoms with Gasteiger partial charge in [-0.1, -0.05) is 140 Å². The SMILES string of the molecule is c1ccc(-c2nc(-c3cccc(-c4cccc5oc6ccccc6c45)c3)nc(-c3ccc4cc(-c5ccc6ccccc6c5)ccc4c3)n2)cc1. The first kappa shape index (κ1) is 29.0. The Bertz CT molecular complexity index is 2930. The molecule has 0 bridgehead atoms. The predicted octanol–water partition coefficient (Wildman–Crippen LogP) is 12.4. The number of fused-ring (bicyclic) bond motifs is 5. The Morgan fingerprint density at radius 1 is 0.314 bits per heavy atom. The summed E-state index contributed by atoms with van der Waals surface area (Å²) in [5.41, 5.74) is 9.11. The van der Waals surface area contributed by atoms with Crippen LogP contribution >= 0.6 is 0 Å². The first-order chi connectivity index (χ1) is 25.2. The van der Waals surface area contributed by atoms with Crippen molar-refractivity contribution < 1.29 is 4.42 Å². The van der Waals surface area contributed by atoms with Crippen LogP contribution in [0.1, 0.15) is 0 Å². The van der Waals surface area contributed by atoms with Gasteiger partial charge in [0.05, 0.1) is 0 Å². The first-order valence-electron chi connectivity index (χ1n) is 17.1. The Kier molecular flexibility index (Phi) is 6.78. The van der Waals surface area contributed by atoms with Crippen molar-refractivity contribution in [3.8, 4) is 56.4 Å². The molecule has 2 heterocycles. The molecule has 0 radical (unpaired) electrons. The Morgan fingerprint density at radius 2 is 0.824 bits per heavy atom. The Hall–Kier alpha value is -6.91. The molecule has 0 atom stereocenters. The van der Waals surface area contributed by atoms with Crippen LogP contribution in [0.4, 0.5) is 0 Å². The molecular formula is C47H29N3O. The molecule has 8 aromatic carbocycles. The van der Waals surface area contributed by atoms with Gasteiger partial charge in [-0.25, -0.2) is 15.0 Å². The van der Waals surface area contributed by atoms with Crippen molar-refractivity contribution >= 4 is 43.5 Å². The second kappa shape index (κ2) is 11.9. The standard InChI is InChI=1S/C47H29N3O/c1-2-11-31(12-3-1)45-48-46(38-15-8-14-37(29-38)40-17-9-19-43-44(40)41-16-6-7-18-42(41)51-43)50-47(49-45)39-25-24-35-27-34(22-23-36(35)28-39)33-21-20-30-10-4-5-13-32(30)26-33/h1-29H. The van der Waals surface area contributed by atoms with E-state index in [9.17, 15) is 0 Å². The Balaban J connectivity index is 1.07. The first-order valence-corrected chi connectivity index (χ1v) is 17.1. The van der Waals surface area contributed by atoms with Crippen LogP contribution in [0.5, 0.6) is 0 Å². The van der Waals surface area contributed by atoms with Gasteiger partial charge in [0, 0.05) is 27.5 Å². The van der Waals surface area contributed by atoms with Crippen LogP contribution in [0.25, 0.3) is 99.9 Å². The van der Waals surface area contributed by atoms with Gasteiger partial charge in [0.2, 0.25) is 0 Å². The number of rotatable bonds is 5. The van der Waals surface area contributed by atoms with Crippen LogP contribution in [0.15, 0.2) is 180 Å². The summed E-state index contributed by atoms with van der Waals surface area (Å²) in [6.45, 7) is 0. The normalized spacial score (nSPS) is 11.5. The van der Waals surface area contributed by atoms with Crippen LogP contribution in [0, 0.1) is 0 Å². The van der Waals surface area contributed by atoms with Crippen LogP contribution in [-0.2, 0) is 0 Å². The zero-order chi connectivity index (χ0) is 33.7. The lowest BCUT2D eigenvalue weighted by molar-refractivity contribution is 0.669. The summed E-state index contributed by atoms with van der Waals surface area (Å²) >= 11 is 0. The zero-order valence-electron chi connectivity index (χ0n) is 27.5. The van der Waals surface area contributed by atoms with E-state index in [1.54, 1.807) is 0 Å². The fraction of sp³-hybridized carbons (Fsp3) is 0. The molecular weight excluding hydrogens is 623 g/mol. The van der Waals surface area contributed by atoms with E-state index in [0.29, 0.717) is 17.5 Å². The van der Waals surface area contributed by atoms with Crippen LogP contribution in [0.3, 0.4) is 0 Å². The van der Waals surface area contributed by atoms with Crippen LogP contribution < -0.4 is 0 Å². The average molecular weight is 652 g/mol. The average Bonchev–Trinajstić information content (AvgIpc) is 3.59. The molecule has 0 amide bonds. The second-order valence-electron chi connectivity index (χ2n) is 12.9. The molecule has 2 aromatic heterocycles. The summed E-state index contributed by atoms with van der Waals surface area (Å²) in [4.78, 5) is 15.1. The van der Waals surface area contributed by atoms with Gasteiger partial charge in [0.25, 0.3) is 0 Å². The molecule has 0 N–H and O–H groups in total. The van der Waals surface area contributed by atoms with Crippen molar-refractivity contribution in [2.45, 2.75) is 0 Å². The van der Waals surface area contributed by atoms with E-state index < -0.39 is 0 Å². The van der Waals surface area contributed by atoms with Gasteiger partial charge in [-0.15, -0.1) is 0 Å². The molecule has 0 fully saturated rings. The lowest BCUT2D eigenvalue weighted by Gasteiger charge is -2.11. The van der Waals surface area contributed by atoms with E-state index in [2.05, 4.69) is 121 Å². The zero-order valence-corrected chi connectivity index (χ0v) is 27.5. The van der Waals surface area contributed by atoms with E-state index in [1.807, 2.05) is 54.6 Å². The maximum absolute atomic E-state index is 6.20. The highest BCUT2D eigenvalue weighted by Gasteiger charge is 2.16. The minimum Gasteiger partial charge on any atom is -0.456 e. The van der Waals surface area contributed by atoms with Crippen molar-refractivity contribution in [2.24, 2.45) is 0 Å². The number of aromatic nitrogens is 3. The van der Waals surface area contributed by atoms with E-state index in [4.69, 9.17) is 19.4 Å². The largest absolute Gasteiger partial charge is 0.456 e. The topological polar surface area (TPSA) is 51.8 Å². The highest BCUT2D eigenvalue weighted by molar-refractivity contribution is 6.12. The molecule has 0 spiro atoms. The van der Waals surface area contributed by atoms with Crippen molar-refractivity contribution in [1.29, 1.82) is 0 Å². The Labute approximate surface area is 294 Å². The van der Waals surface area contributed by atoms with Gasteiger partial charge < -0.3 is 4.42 Å². The molecule has 238 valence electrons. The summed E-state index contributed by atoms with van der Waals surface area (Å²) in [6, 6.07) is 61.2. The van der Waals surface area contributed by atoms with Gasteiger partial charge in [-0.05, 0) is 80.2 Å². The lowest BCUT2D eigenvalue weighted by Crippen LogP contribution is -2.00. The number of hydrogen-bond donors (Lipinski definition) is 0. The highest BCUT2D eigenvalue weighted by Crippen LogP contribution is 2.38. The van der Waals surface area contributed by atoms with E-state index in [0.717, 1.165) is 60.5 Å². The predicted molar refractivity (Wildman–Crippen MR) is 209 cm³/mol. The molecule has 0 aliphatic heterocycles. The van der Waals surface area contributed by atoms with Crippen LogP contribution in [0.2, 0.25) is 0 Å². The van der Waals surface area contributed by atoms with Gasteiger partial charge in [-0.3, -0.25) is 0 Å². The summed E-state index contributed by atoms with van der Waals surface area (Å²) in [5, 5.41) is 6.98. The molecule has 0 saturated carbocycles. The van der Waals surface area contributed by atoms with Crippen molar-refractivity contribution in [2.75, 3.05) is 0 Å². The third-order valence-corrected chi connectivity index (χ3v) is 9.68. The molecule has 0 saturated heterocycles. The third-order valence-electron chi connectivity index (χ3n) is 9.68. The molecule has 10 rings (SSSR count). The number of hydrogen-bond acceptors (Lipinski definition) is 4. The van der Waals surface area contributed by atoms with Crippen LogP contribution in [-0.4, -0.2) is 15.0 Å². The Morgan fingerprint density at radius 3 is 1.61 bits per heavy atom. The summed E-state index contributed by atoms with van der Waals surface area (Å²) in [7, 11) is 0. The number of furan rings is 1. The molecule has 4 nitrogen and oxygen atoms in total. The number of para-hydroxylation sites is 1. The van der Waals surface area contributed by atoms with E-state index >= 15 is 0 Å². The minimum atomic E-state index is 0.622. The molecule has 0 aliphatic rings. The summed E-state index contributed by atoms with van der Waals surface area (Å²) in [6.07, 6.45) is 0. The monoisotopic (exact) mass is 651 g/mol. The van der Waals surface area contributed by atoms with Crippen molar-refractivity contribution in [1.82, 2.24) is 15.0 Å². The second-order valence-corrected chi connectivity index (χ2v) is 12.9. The smallest absolute Gasteiger partial charge is 0.164 e. The molecule has 10 aromatic rings. The maximum Gasteiger partial charge on any atom is 0.164 e. The molecule has 4 heteroatoms. The fourth-order valence-electron chi connectivity index (χ4n) is 7.12. The summed E-state index contributed by atoms with van der Waals surface area (Å²) < 4.78 is 6.20. The highest BCUT2D eigenvalue weighted by atomic mass is 16.3. The summed E-state index contributed by atoms with van der Waals surface area (Å²) in [5.74, 6) is 1.89. The fourth-order valence-corrected chi connectivity index (χ4v) is 7.12. The van der Waals surface area contributed by atoms with Gasteiger partial charge >= 0.3 is 0 Å². The van der Waals surface area contributed by atoms with Crippen molar-refractivity contribution in [3.05, 3.63) is 176 Å². The van der Waals surface area contributed by atoms with E-state index in [-0.39, 0.29) is 0 Å². The lowest BCUT2D eigenvalue weighted by atomic mass is 9.97. The minimum absolute atomic E-state index is 0.622. The van der Waals surface area contributed by atoms with Gasteiger partial charge in [0.1, 0.15) is 11.2 Å². The van der Waals surface area contributed by atoms with Gasteiger partial charge in [0.15, 0.2) is 17.5 Å². The molecule has 51 heavy (non-hydrogen) atoms. The van der Waals surface area contributed by atoms with E-state index in [1.165, 1.54) is 21.9 Å². The van der Waals surface area contributed by atoms with Crippen molar-refractivity contribution in [3.63, 3.8) is 0 Å². The quantitative estimate of drug-likeness (QED) is 0.186. The number of benzene rings is 8. The van der Waals surface area contributed by atoms with Gasteiger partial charge in [-0.2, -0.15) is 0 Å². The molecule has 0 aliphatic carbocycles. The number of nitrogens with zero attached hydrogens (tertiary/aromatic N) is 3. The maximum atomic E-state index is 6.20. The third kappa shape index (κ3) is 5.22.